The summed E-state index contributed by atoms with van der Waals surface area (Å²) in [5, 5.41) is 4.54. The summed E-state index contributed by atoms with van der Waals surface area (Å²) in [4.78, 5) is 0.246. The van der Waals surface area contributed by atoms with Gasteiger partial charge in [-0.3, -0.25) is 9.40 Å². The van der Waals surface area contributed by atoms with Gasteiger partial charge in [0.05, 0.1) is 28.5 Å². The molecule has 1 heterocycles. The van der Waals surface area contributed by atoms with E-state index in [0.717, 1.165) is 16.8 Å². The predicted octanol–water partition coefficient (Wildman–Crippen LogP) is 4.95. The quantitative estimate of drug-likeness (QED) is 0.646. The van der Waals surface area contributed by atoms with Gasteiger partial charge in [0.15, 0.2) is 0 Å². The molecule has 0 saturated carbocycles. The molecule has 5 nitrogen and oxygen atoms in total. The number of hydrogen-bond donors (Lipinski definition) is 1. The largest absolute Gasteiger partial charge is 0.276 e. The molecule has 0 bridgehead atoms. The van der Waals surface area contributed by atoms with Crippen molar-refractivity contribution in [2.24, 2.45) is 0 Å². The van der Waals surface area contributed by atoms with E-state index in [4.69, 9.17) is 0 Å². The number of benzene rings is 2. The van der Waals surface area contributed by atoms with Crippen LogP contribution in [0, 0.1) is 20.8 Å². The summed E-state index contributed by atoms with van der Waals surface area (Å²) in [6, 6.07) is 15.3. The number of aryl methyl sites for hydroxylation is 2. The van der Waals surface area contributed by atoms with Crippen LogP contribution in [0.5, 0.6) is 0 Å². The van der Waals surface area contributed by atoms with E-state index in [2.05, 4.69) is 54.9 Å². The minimum atomic E-state index is -3.69. The number of rotatable bonds is 5. The first-order valence-corrected chi connectivity index (χ1v) is 11.2. The number of nitrogens with one attached hydrogen (secondary N) is 1. The van der Waals surface area contributed by atoms with Crippen LogP contribution in [0.2, 0.25) is 0 Å². The first-order valence-electron chi connectivity index (χ1n) is 9.70. The van der Waals surface area contributed by atoms with Gasteiger partial charge in [0.1, 0.15) is 0 Å². The molecule has 3 rings (SSSR count). The van der Waals surface area contributed by atoms with Gasteiger partial charge in [0.2, 0.25) is 0 Å². The maximum absolute atomic E-state index is 12.9. The topological polar surface area (TPSA) is 64.0 Å². The van der Waals surface area contributed by atoms with Gasteiger partial charge in [0, 0.05) is 0 Å². The molecule has 3 aromatic rings. The van der Waals surface area contributed by atoms with Crippen LogP contribution in [0.25, 0.3) is 0 Å². The maximum atomic E-state index is 12.9. The van der Waals surface area contributed by atoms with E-state index >= 15 is 0 Å². The van der Waals surface area contributed by atoms with E-state index in [1.165, 1.54) is 5.56 Å². The van der Waals surface area contributed by atoms with E-state index in [9.17, 15) is 8.42 Å². The Morgan fingerprint density at radius 3 is 2.07 bits per heavy atom. The van der Waals surface area contributed by atoms with Crippen LogP contribution in [0.15, 0.2) is 53.4 Å². The minimum absolute atomic E-state index is 0.0278. The molecule has 154 valence electrons. The van der Waals surface area contributed by atoms with Crippen molar-refractivity contribution in [3.8, 4) is 0 Å². The fourth-order valence-electron chi connectivity index (χ4n) is 3.19. The van der Waals surface area contributed by atoms with Gasteiger partial charge in [-0.15, -0.1) is 0 Å². The van der Waals surface area contributed by atoms with Gasteiger partial charge in [0.25, 0.3) is 10.0 Å². The highest BCUT2D eigenvalue weighted by Crippen LogP contribution is 2.26. The predicted molar refractivity (Wildman–Crippen MR) is 118 cm³/mol. The van der Waals surface area contributed by atoms with E-state index in [1.54, 1.807) is 12.1 Å². The van der Waals surface area contributed by atoms with Crippen LogP contribution in [0.4, 0.5) is 5.69 Å². The third-order valence-electron chi connectivity index (χ3n) is 5.10. The van der Waals surface area contributed by atoms with Crippen molar-refractivity contribution >= 4 is 15.7 Å². The van der Waals surface area contributed by atoms with Crippen LogP contribution in [-0.2, 0) is 22.0 Å². The Labute approximate surface area is 173 Å². The third kappa shape index (κ3) is 4.70. The molecular formula is C23H29N3O2S. The molecule has 0 amide bonds. The van der Waals surface area contributed by atoms with Crippen molar-refractivity contribution in [3.05, 3.63) is 76.6 Å². The summed E-state index contributed by atoms with van der Waals surface area (Å²) in [5.41, 5.74) is 5.37. The highest BCUT2D eigenvalue weighted by atomic mass is 32.2. The van der Waals surface area contributed by atoms with Crippen molar-refractivity contribution in [2.45, 2.75) is 58.4 Å². The molecule has 0 radical (unpaired) electrons. The highest BCUT2D eigenvalue weighted by molar-refractivity contribution is 7.92. The fourth-order valence-corrected chi connectivity index (χ4v) is 4.37. The number of aromatic nitrogens is 2. The summed E-state index contributed by atoms with van der Waals surface area (Å²) in [5.74, 6) is 0. The third-order valence-corrected chi connectivity index (χ3v) is 6.47. The molecule has 0 atom stereocenters. The summed E-state index contributed by atoms with van der Waals surface area (Å²) >= 11 is 0. The molecule has 0 aliphatic rings. The van der Waals surface area contributed by atoms with Crippen molar-refractivity contribution in [3.63, 3.8) is 0 Å². The van der Waals surface area contributed by atoms with E-state index in [-0.39, 0.29) is 10.3 Å². The van der Waals surface area contributed by atoms with Gasteiger partial charge in [-0.05, 0) is 49.4 Å². The first-order chi connectivity index (χ1) is 13.5. The highest BCUT2D eigenvalue weighted by Gasteiger charge is 2.21. The van der Waals surface area contributed by atoms with Gasteiger partial charge in [-0.2, -0.15) is 5.10 Å². The van der Waals surface area contributed by atoms with Crippen molar-refractivity contribution in [1.82, 2.24) is 9.78 Å². The second-order valence-electron chi connectivity index (χ2n) is 8.57. The first kappa shape index (κ1) is 21.1. The molecule has 0 fully saturated rings. The van der Waals surface area contributed by atoms with Crippen LogP contribution >= 0.6 is 0 Å². The SMILES string of the molecule is Cc1ccc(Cn2nc(C)c(NS(=O)(=O)c3ccc(C(C)(C)C)cc3)c2C)cc1. The normalized spacial score (nSPS) is 12.2. The van der Waals surface area contributed by atoms with Crippen LogP contribution in [-0.4, -0.2) is 18.2 Å². The Morgan fingerprint density at radius 1 is 0.931 bits per heavy atom. The molecular weight excluding hydrogens is 382 g/mol. The Bertz CT molecular complexity index is 1100. The number of hydrogen-bond acceptors (Lipinski definition) is 3. The van der Waals surface area contributed by atoms with Crippen LogP contribution in [0.3, 0.4) is 0 Å². The second-order valence-corrected chi connectivity index (χ2v) is 10.3. The molecule has 0 saturated heterocycles. The zero-order valence-electron chi connectivity index (χ0n) is 17.9. The molecule has 6 heteroatoms. The van der Waals surface area contributed by atoms with E-state index in [1.807, 2.05) is 37.6 Å². The molecule has 2 aromatic carbocycles. The monoisotopic (exact) mass is 411 g/mol. The lowest BCUT2D eigenvalue weighted by Gasteiger charge is -2.19. The number of sulfonamides is 1. The average molecular weight is 412 g/mol. The average Bonchev–Trinajstić information content (AvgIpc) is 2.90. The summed E-state index contributed by atoms with van der Waals surface area (Å²) < 4.78 is 30.4. The van der Waals surface area contributed by atoms with Crippen LogP contribution in [0.1, 0.15) is 48.8 Å². The zero-order chi connectivity index (χ0) is 21.4. The van der Waals surface area contributed by atoms with E-state index < -0.39 is 10.0 Å². The fraction of sp³-hybridized carbons (Fsp3) is 0.348. The molecule has 29 heavy (non-hydrogen) atoms. The Hall–Kier alpha value is -2.60. The summed E-state index contributed by atoms with van der Waals surface area (Å²) in [6.45, 7) is 12.6. The number of nitrogens with zero attached hydrogens (tertiary/aromatic N) is 2. The van der Waals surface area contributed by atoms with Crippen LogP contribution < -0.4 is 4.72 Å². The molecule has 0 aliphatic heterocycles. The smallest absolute Gasteiger partial charge is 0.262 e. The number of anilines is 1. The lowest BCUT2D eigenvalue weighted by Crippen LogP contribution is -2.15. The summed E-state index contributed by atoms with van der Waals surface area (Å²) in [6.07, 6.45) is 0. The van der Waals surface area contributed by atoms with Gasteiger partial charge in [-0.1, -0.05) is 62.7 Å². The molecule has 1 N–H and O–H groups in total. The summed E-state index contributed by atoms with van der Waals surface area (Å²) in [7, 11) is -3.69. The molecule has 0 unspecified atom stereocenters. The van der Waals surface area contributed by atoms with Crippen molar-refractivity contribution < 1.29 is 8.42 Å². The lowest BCUT2D eigenvalue weighted by atomic mass is 9.87. The van der Waals surface area contributed by atoms with Crippen molar-refractivity contribution in [1.29, 1.82) is 0 Å². The zero-order valence-corrected chi connectivity index (χ0v) is 18.8. The Balaban J connectivity index is 1.85. The second kappa shape index (κ2) is 7.67. The standard InChI is InChI=1S/C23H29N3O2S/c1-16-7-9-19(10-8-16)15-26-18(3)22(17(2)24-26)25-29(27,28)21-13-11-20(12-14-21)23(4,5)6/h7-14,25H,15H2,1-6H3. The van der Waals surface area contributed by atoms with Gasteiger partial charge < -0.3 is 0 Å². The Morgan fingerprint density at radius 2 is 1.52 bits per heavy atom. The molecule has 0 aliphatic carbocycles. The minimum Gasteiger partial charge on any atom is -0.276 e. The molecule has 1 aromatic heterocycles. The van der Waals surface area contributed by atoms with E-state index in [0.29, 0.717) is 17.9 Å². The van der Waals surface area contributed by atoms with Gasteiger partial charge in [-0.25, -0.2) is 8.42 Å². The lowest BCUT2D eigenvalue weighted by molar-refractivity contribution is 0.587. The van der Waals surface area contributed by atoms with Crippen molar-refractivity contribution in [2.75, 3.05) is 4.72 Å². The molecule has 0 spiro atoms. The Kier molecular flexibility index (Phi) is 5.59. The van der Waals surface area contributed by atoms with Gasteiger partial charge >= 0.3 is 0 Å². The maximum Gasteiger partial charge on any atom is 0.262 e.